The van der Waals surface area contributed by atoms with Gasteiger partial charge in [0.1, 0.15) is 0 Å². The number of hydrogen-bond acceptors (Lipinski definition) is 3. The van der Waals surface area contributed by atoms with Gasteiger partial charge in [0, 0.05) is 30.9 Å². The highest BCUT2D eigenvalue weighted by molar-refractivity contribution is 5.96. The summed E-state index contributed by atoms with van der Waals surface area (Å²) in [5, 5.41) is 9.11. The van der Waals surface area contributed by atoms with Crippen LogP contribution in [0.5, 0.6) is 0 Å². The van der Waals surface area contributed by atoms with Crippen molar-refractivity contribution in [2.24, 2.45) is 5.92 Å². The van der Waals surface area contributed by atoms with E-state index in [4.69, 9.17) is 0 Å². The molecular formula is C16H22N4O2. The molecule has 3 amide bonds. The zero-order valence-corrected chi connectivity index (χ0v) is 12.6. The first-order valence-electron chi connectivity index (χ1n) is 7.88. The highest BCUT2D eigenvalue weighted by atomic mass is 16.2. The average molecular weight is 302 g/mol. The molecule has 1 atom stereocenters. The third-order valence-electron chi connectivity index (χ3n) is 4.25. The number of rotatable bonds is 4. The lowest BCUT2D eigenvalue weighted by Crippen LogP contribution is -2.38. The highest BCUT2D eigenvalue weighted by Gasteiger charge is 2.21. The number of hydrogen-bond donors (Lipinski definition) is 3. The van der Waals surface area contributed by atoms with Gasteiger partial charge in [-0.15, -0.1) is 0 Å². The molecule has 1 aromatic rings. The fourth-order valence-corrected chi connectivity index (χ4v) is 2.95. The molecule has 2 aliphatic rings. The molecule has 2 heterocycles. The van der Waals surface area contributed by atoms with Crippen molar-refractivity contribution in [3.05, 3.63) is 29.8 Å². The Morgan fingerprint density at radius 2 is 2.09 bits per heavy atom. The molecule has 2 saturated heterocycles. The number of amides is 3. The minimum Gasteiger partial charge on any atom is -0.352 e. The second kappa shape index (κ2) is 6.79. The molecule has 0 aliphatic carbocycles. The van der Waals surface area contributed by atoms with E-state index >= 15 is 0 Å². The van der Waals surface area contributed by atoms with Crippen LogP contribution < -0.4 is 20.9 Å². The van der Waals surface area contributed by atoms with Crippen molar-refractivity contribution < 1.29 is 9.59 Å². The third-order valence-corrected chi connectivity index (χ3v) is 4.25. The second-order valence-electron chi connectivity index (χ2n) is 5.85. The van der Waals surface area contributed by atoms with Crippen LogP contribution in [0.4, 0.5) is 10.5 Å². The van der Waals surface area contributed by atoms with Gasteiger partial charge in [-0.3, -0.25) is 9.69 Å². The summed E-state index contributed by atoms with van der Waals surface area (Å²) in [5.41, 5.74) is 1.45. The fraction of sp³-hybridized carbons (Fsp3) is 0.500. The van der Waals surface area contributed by atoms with Gasteiger partial charge in [0.2, 0.25) is 0 Å². The molecule has 6 heteroatoms. The van der Waals surface area contributed by atoms with E-state index in [2.05, 4.69) is 16.0 Å². The van der Waals surface area contributed by atoms with Crippen LogP contribution in [0, 0.1) is 5.92 Å². The Hall–Kier alpha value is -2.08. The van der Waals surface area contributed by atoms with E-state index < -0.39 is 0 Å². The van der Waals surface area contributed by atoms with Crippen molar-refractivity contribution in [3.8, 4) is 0 Å². The molecular weight excluding hydrogens is 280 g/mol. The topological polar surface area (TPSA) is 73.5 Å². The van der Waals surface area contributed by atoms with Gasteiger partial charge in [-0.1, -0.05) is 0 Å². The summed E-state index contributed by atoms with van der Waals surface area (Å²) in [6, 6.07) is 7.11. The standard InChI is InChI=1S/C16H22N4O2/c21-15(19-11-12-2-1-7-17-10-12)13-3-5-14(6-4-13)20-9-8-18-16(20)22/h3-6,12,17H,1-2,7-11H2,(H,18,22)(H,19,21). The van der Waals surface area contributed by atoms with E-state index in [-0.39, 0.29) is 11.9 Å². The van der Waals surface area contributed by atoms with Gasteiger partial charge < -0.3 is 16.0 Å². The number of nitrogens with zero attached hydrogens (tertiary/aromatic N) is 1. The van der Waals surface area contributed by atoms with Crippen LogP contribution in [0.25, 0.3) is 0 Å². The van der Waals surface area contributed by atoms with Crippen molar-refractivity contribution in [1.29, 1.82) is 0 Å². The van der Waals surface area contributed by atoms with Gasteiger partial charge >= 0.3 is 6.03 Å². The van der Waals surface area contributed by atoms with Crippen LogP contribution in [0.15, 0.2) is 24.3 Å². The number of piperidine rings is 1. The minimum atomic E-state index is -0.0815. The molecule has 0 saturated carbocycles. The summed E-state index contributed by atoms with van der Waals surface area (Å²) in [6.45, 7) is 4.09. The summed E-state index contributed by atoms with van der Waals surface area (Å²) in [6.07, 6.45) is 2.34. The first-order valence-corrected chi connectivity index (χ1v) is 7.88. The van der Waals surface area contributed by atoms with Crippen molar-refractivity contribution >= 4 is 17.6 Å². The van der Waals surface area contributed by atoms with E-state index in [0.717, 1.165) is 25.2 Å². The van der Waals surface area contributed by atoms with Crippen molar-refractivity contribution in [1.82, 2.24) is 16.0 Å². The Balaban J connectivity index is 1.55. The SMILES string of the molecule is O=C(NCC1CCCNC1)c1ccc(N2CCNC2=O)cc1. The zero-order valence-electron chi connectivity index (χ0n) is 12.6. The summed E-state index contributed by atoms with van der Waals surface area (Å²) in [5.74, 6) is 0.466. The average Bonchev–Trinajstić information content (AvgIpc) is 3.00. The summed E-state index contributed by atoms with van der Waals surface area (Å²) < 4.78 is 0. The van der Waals surface area contributed by atoms with Crippen LogP contribution in [-0.2, 0) is 0 Å². The summed E-state index contributed by atoms with van der Waals surface area (Å²) >= 11 is 0. The Labute approximate surface area is 130 Å². The summed E-state index contributed by atoms with van der Waals surface area (Å²) in [4.78, 5) is 25.4. The molecule has 3 N–H and O–H groups in total. The van der Waals surface area contributed by atoms with E-state index in [1.54, 1.807) is 17.0 Å². The molecule has 1 unspecified atom stereocenters. The molecule has 6 nitrogen and oxygen atoms in total. The van der Waals surface area contributed by atoms with E-state index in [9.17, 15) is 9.59 Å². The lowest BCUT2D eigenvalue weighted by atomic mass is 9.99. The Morgan fingerprint density at radius 3 is 2.73 bits per heavy atom. The number of carbonyl (C=O) groups excluding carboxylic acids is 2. The van der Waals surface area contributed by atoms with Gasteiger partial charge in [-0.25, -0.2) is 4.79 Å². The first kappa shape index (κ1) is 14.8. The lowest BCUT2D eigenvalue weighted by Gasteiger charge is -2.22. The maximum absolute atomic E-state index is 12.2. The predicted octanol–water partition coefficient (Wildman–Crippen LogP) is 0.946. The number of anilines is 1. The van der Waals surface area contributed by atoms with E-state index in [0.29, 0.717) is 31.1 Å². The Morgan fingerprint density at radius 1 is 1.27 bits per heavy atom. The predicted molar refractivity (Wildman–Crippen MR) is 85.1 cm³/mol. The van der Waals surface area contributed by atoms with Gasteiger partial charge in [-0.2, -0.15) is 0 Å². The maximum Gasteiger partial charge on any atom is 0.321 e. The molecule has 22 heavy (non-hydrogen) atoms. The molecule has 0 radical (unpaired) electrons. The van der Waals surface area contributed by atoms with Gasteiger partial charge in [0.15, 0.2) is 0 Å². The van der Waals surface area contributed by atoms with Crippen LogP contribution in [0.1, 0.15) is 23.2 Å². The Bertz CT molecular complexity index is 538. The van der Waals surface area contributed by atoms with Gasteiger partial charge in [-0.05, 0) is 56.1 Å². The van der Waals surface area contributed by atoms with E-state index in [1.165, 1.54) is 6.42 Å². The molecule has 0 spiro atoms. The smallest absolute Gasteiger partial charge is 0.321 e. The summed E-state index contributed by atoms with van der Waals surface area (Å²) in [7, 11) is 0. The molecule has 118 valence electrons. The molecule has 0 aromatic heterocycles. The second-order valence-corrected chi connectivity index (χ2v) is 5.85. The molecule has 1 aromatic carbocycles. The zero-order chi connectivity index (χ0) is 15.4. The van der Waals surface area contributed by atoms with Crippen LogP contribution in [0.3, 0.4) is 0 Å². The minimum absolute atomic E-state index is 0.0528. The van der Waals surface area contributed by atoms with Crippen molar-refractivity contribution in [2.45, 2.75) is 12.8 Å². The first-order chi connectivity index (χ1) is 10.7. The number of benzene rings is 1. The van der Waals surface area contributed by atoms with Gasteiger partial charge in [0.25, 0.3) is 5.91 Å². The number of nitrogens with one attached hydrogen (secondary N) is 3. The van der Waals surface area contributed by atoms with Crippen LogP contribution in [-0.4, -0.2) is 44.7 Å². The molecule has 2 aliphatic heterocycles. The normalized spacial score (nSPS) is 21.5. The molecule has 0 bridgehead atoms. The largest absolute Gasteiger partial charge is 0.352 e. The fourth-order valence-electron chi connectivity index (χ4n) is 2.95. The van der Waals surface area contributed by atoms with E-state index in [1.807, 2.05) is 12.1 Å². The quantitative estimate of drug-likeness (QED) is 0.775. The monoisotopic (exact) mass is 302 g/mol. The molecule has 2 fully saturated rings. The van der Waals surface area contributed by atoms with Crippen LogP contribution >= 0.6 is 0 Å². The molecule has 3 rings (SSSR count). The van der Waals surface area contributed by atoms with Crippen molar-refractivity contribution in [3.63, 3.8) is 0 Å². The highest BCUT2D eigenvalue weighted by Crippen LogP contribution is 2.17. The van der Waals surface area contributed by atoms with Gasteiger partial charge in [0.05, 0.1) is 0 Å². The number of carbonyl (C=O) groups is 2. The number of urea groups is 1. The Kier molecular flexibility index (Phi) is 4.58. The maximum atomic E-state index is 12.2. The lowest BCUT2D eigenvalue weighted by molar-refractivity contribution is 0.0945. The third kappa shape index (κ3) is 3.39. The van der Waals surface area contributed by atoms with Crippen LogP contribution in [0.2, 0.25) is 0 Å². The van der Waals surface area contributed by atoms with Crippen molar-refractivity contribution in [2.75, 3.05) is 37.6 Å².